The molecule has 0 atom stereocenters. The first-order chi connectivity index (χ1) is 16.0. The van der Waals surface area contributed by atoms with Crippen LogP contribution in [0.1, 0.15) is 16.8 Å². The minimum absolute atomic E-state index is 0.0743. The second-order valence-corrected chi connectivity index (χ2v) is 7.88. The summed E-state index contributed by atoms with van der Waals surface area (Å²) in [5.41, 5.74) is 2.60. The van der Waals surface area contributed by atoms with E-state index in [2.05, 4.69) is 5.10 Å². The number of hydrogen-bond donors (Lipinski definition) is 1. The predicted octanol–water partition coefficient (Wildman–Crippen LogP) is 3.01. The topological polar surface area (TPSA) is 79.1 Å². The average molecular weight is 437 g/mol. The fourth-order valence-corrected chi connectivity index (χ4v) is 4.06. The molecule has 0 fully saturated rings. The van der Waals surface area contributed by atoms with Gasteiger partial charge in [0.15, 0.2) is 12.4 Å². The van der Waals surface area contributed by atoms with Gasteiger partial charge in [0.25, 0.3) is 17.2 Å². The number of H-pyrrole nitrogens is 1. The number of carbonyl (C=O) groups excluding carboxylic acids is 2. The molecule has 7 nitrogen and oxygen atoms in total. The second-order valence-electron chi connectivity index (χ2n) is 7.88. The Morgan fingerprint density at radius 1 is 0.727 bits per heavy atom. The highest BCUT2D eigenvalue weighted by Gasteiger charge is 2.47. The number of benzene rings is 2. The normalized spacial score (nSPS) is 13.8. The molecule has 0 unspecified atom stereocenters. The largest absolute Gasteiger partial charge is 0.331 e. The lowest BCUT2D eigenvalue weighted by atomic mass is 10.1. The maximum absolute atomic E-state index is 13.7. The Hall–Kier alpha value is -4.52. The van der Waals surface area contributed by atoms with Gasteiger partial charge in [-0.15, -0.1) is 0 Å². The smallest absolute Gasteiger partial charge is 0.295 e. The molecule has 2 amide bonds. The highest BCUT2D eigenvalue weighted by Crippen LogP contribution is 2.33. The first-order valence-corrected chi connectivity index (χ1v) is 10.5. The van der Waals surface area contributed by atoms with Crippen molar-refractivity contribution in [3.63, 3.8) is 0 Å². The molecule has 1 aliphatic heterocycles. The third-order valence-electron chi connectivity index (χ3n) is 5.66. The van der Waals surface area contributed by atoms with Crippen LogP contribution in [0.2, 0.25) is 0 Å². The molecule has 162 valence electrons. The molecule has 2 aromatic carbocycles. The monoisotopic (exact) mass is 437 g/mol. The van der Waals surface area contributed by atoms with Gasteiger partial charge in [0.05, 0.1) is 16.9 Å². The van der Waals surface area contributed by atoms with Crippen LogP contribution >= 0.6 is 0 Å². The van der Waals surface area contributed by atoms with Gasteiger partial charge in [-0.1, -0.05) is 42.0 Å². The number of imide groups is 1. The Kier molecular flexibility index (Phi) is 4.86. The number of rotatable bonds is 4. The zero-order valence-corrected chi connectivity index (χ0v) is 18.1. The van der Waals surface area contributed by atoms with Gasteiger partial charge in [-0.2, -0.15) is 4.57 Å². The third-order valence-corrected chi connectivity index (χ3v) is 5.66. The Morgan fingerprint density at radius 2 is 1.36 bits per heavy atom. The van der Waals surface area contributed by atoms with Crippen LogP contribution in [-0.2, 0) is 9.59 Å². The fourth-order valence-electron chi connectivity index (χ4n) is 4.06. The molecule has 3 heterocycles. The van der Waals surface area contributed by atoms with Crippen LogP contribution < -0.4 is 15.0 Å². The van der Waals surface area contributed by atoms with E-state index in [0.717, 1.165) is 10.5 Å². The van der Waals surface area contributed by atoms with E-state index in [1.54, 1.807) is 60.3 Å². The fraction of sp³-hybridized carbons (Fsp3) is 0.0769. The van der Waals surface area contributed by atoms with E-state index in [9.17, 15) is 14.4 Å². The Balaban J connectivity index is 1.75. The zero-order valence-electron chi connectivity index (χ0n) is 18.1. The molecule has 0 aliphatic carbocycles. The predicted molar refractivity (Wildman–Crippen MR) is 125 cm³/mol. The molecule has 2 aromatic heterocycles. The number of pyridine rings is 1. The van der Waals surface area contributed by atoms with Gasteiger partial charge in [-0.05, 0) is 38.1 Å². The molecule has 0 bridgehead atoms. The van der Waals surface area contributed by atoms with Crippen molar-refractivity contribution in [3.05, 3.63) is 112 Å². The lowest BCUT2D eigenvalue weighted by Gasteiger charge is -2.14. The number of nitrogens with one attached hydrogen (secondary N) is 1. The minimum atomic E-state index is -0.533. The maximum Gasteiger partial charge on any atom is 0.331 e. The van der Waals surface area contributed by atoms with E-state index < -0.39 is 17.4 Å². The molecule has 5 rings (SSSR count). The number of carbonyl (C=O) groups is 2. The SMILES string of the molecule is Cc1ccc(N2C(=O)C(c3c(C)[nH]n(-c4ccccc4)c3=O)=C([n+]3ccccc3)C2=O)cc1. The molecule has 33 heavy (non-hydrogen) atoms. The van der Waals surface area contributed by atoms with Gasteiger partial charge >= 0.3 is 5.91 Å². The first-order valence-electron chi connectivity index (χ1n) is 10.5. The number of anilines is 1. The molecule has 0 saturated carbocycles. The molecule has 0 spiro atoms. The van der Waals surface area contributed by atoms with E-state index in [0.29, 0.717) is 17.1 Å². The van der Waals surface area contributed by atoms with Crippen molar-refractivity contribution >= 4 is 28.8 Å². The molecule has 0 radical (unpaired) electrons. The first kappa shape index (κ1) is 20.4. The van der Waals surface area contributed by atoms with Crippen molar-refractivity contribution < 1.29 is 14.2 Å². The number of aromatic amines is 1. The number of aryl methyl sites for hydroxylation is 2. The van der Waals surface area contributed by atoms with Crippen LogP contribution in [0.3, 0.4) is 0 Å². The van der Waals surface area contributed by atoms with Crippen LogP contribution in [-0.4, -0.2) is 21.6 Å². The zero-order chi connectivity index (χ0) is 23.1. The minimum Gasteiger partial charge on any atom is -0.295 e. The van der Waals surface area contributed by atoms with Crippen molar-refractivity contribution in [2.24, 2.45) is 0 Å². The van der Waals surface area contributed by atoms with Crippen molar-refractivity contribution in [2.75, 3.05) is 4.90 Å². The summed E-state index contributed by atoms with van der Waals surface area (Å²) in [7, 11) is 0. The molecular weight excluding hydrogens is 416 g/mol. The summed E-state index contributed by atoms with van der Waals surface area (Å²) in [5, 5.41) is 3.05. The van der Waals surface area contributed by atoms with Crippen LogP contribution in [0.15, 0.2) is 90.0 Å². The standard InChI is InChI=1S/C26H20N4O3/c1-17-11-13-19(14-12-17)29-24(31)22(23(26(29)33)28-15-7-4-8-16-28)21-18(2)27-30(25(21)32)20-9-5-3-6-10-20/h3-16H,1-2H3/p+1. The van der Waals surface area contributed by atoms with Crippen molar-refractivity contribution in [1.29, 1.82) is 0 Å². The number of para-hydroxylation sites is 1. The summed E-state index contributed by atoms with van der Waals surface area (Å²) in [6, 6.07) is 21.6. The summed E-state index contributed by atoms with van der Waals surface area (Å²) in [6.07, 6.45) is 3.38. The van der Waals surface area contributed by atoms with E-state index in [1.807, 2.05) is 43.3 Å². The quantitative estimate of drug-likeness (QED) is 0.394. The van der Waals surface area contributed by atoms with Gasteiger partial charge in [0, 0.05) is 17.8 Å². The summed E-state index contributed by atoms with van der Waals surface area (Å²) in [5.74, 6) is -1.02. The molecule has 7 heteroatoms. The highest BCUT2D eigenvalue weighted by molar-refractivity contribution is 6.53. The van der Waals surface area contributed by atoms with Crippen LogP contribution in [0.25, 0.3) is 17.0 Å². The van der Waals surface area contributed by atoms with Crippen molar-refractivity contribution in [3.8, 4) is 5.69 Å². The van der Waals surface area contributed by atoms with Crippen molar-refractivity contribution in [2.45, 2.75) is 13.8 Å². The molecule has 0 saturated heterocycles. The Morgan fingerprint density at radius 3 is 2.03 bits per heavy atom. The van der Waals surface area contributed by atoms with Crippen LogP contribution in [0.5, 0.6) is 0 Å². The van der Waals surface area contributed by atoms with Crippen molar-refractivity contribution in [1.82, 2.24) is 9.78 Å². The lowest BCUT2D eigenvalue weighted by Crippen LogP contribution is -2.39. The van der Waals surface area contributed by atoms with Gasteiger partial charge in [0.2, 0.25) is 0 Å². The summed E-state index contributed by atoms with van der Waals surface area (Å²) in [4.78, 5) is 41.9. The number of nitrogens with zero attached hydrogens (tertiary/aromatic N) is 3. The average Bonchev–Trinajstić information content (AvgIpc) is 3.26. The van der Waals surface area contributed by atoms with E-state index >= 15 is 0 Å². The van der Waals surface area contributed by atoms with Gasteiger partial charge in [0.1, 0.15) is 5.57 Å². The van der Waals surface area contributed by atoms with E-state index in [4.69, 9.17) is 0 Å². The Labute approximate surface area is 189 Å². The van der Waals surface area contributed by atoms with Gasteiger partial charge in [-0.3, -0.25) is 19.5 Å². The number of aromatic nitrogens is 3. The number of amides is 2. The molecule has 1 N–H and O–H groups in total. The molecule has 1 aliphatic rings. The molecule has 4 aromatic rings. The van der Waals surface area contributed by atoms with Gasteiger partial charge in [-0.25, -0.2) is 9.58 Å². The molecular formula is C26H21N4O3+. The van der Waals surface area contributed by atoms with Gasteiger partial charge < -0.3 is 0 Å². The maximum atomic E-state index is 13.7. The van der Waals surface area contributed by atoms with Crippen LogP contribution in [0, 0.1) is 13.8 Å². The Bertz CT molecular complexity index is 1460. The summed E-state index contributed by atoms with van der Waals surface area (Å²) >= 11 is 0. The lowest BCUT2D eigenvalue weighted by molar-refractivity contribution is -0.576. The van der Waals surface area contributed by atoms with E-state index in [1.165, 1.54) is 4.68 Å². The second kappa shape index (κ2) is 7.87. The summed E-state index contributed by atoms with van der Waals surface area (Å²) in [6.45, 7) is 3.66. The van der Waals surface area contributed by atoms with Crippen LogP contribution in [0.4, 0.5) is 5.69 Å². The summed E-state index contributed by atoms with van der Waals surface area (Å²) < 4.78 is 2.97. The third kappa shape index (κ3) is 3.30. The number of hydrogen-bond acceptors (Lipinski definition) is 3. The van der Waals surface area contributed by atoms with E-state index in [-0.39, 0.29) is 16.8 Å². The highest BCUT2D eigenvalue weighted by atomic mass is 16.2.